The number of hydrogen-bond donors (Lipinski definition) is 2. The van der Waals surface area contributed by atoms with Crippen LogP contribution in [-0.2, 0) is 0 Å². The average Bonchev–Trinajstić information content (AvgIpc) is 2.65. The van der Waals surface area contributed by atoms with E-state index in [1.54, 1.807) is 0 Å². The molecule has 0 radical (unpaired) electrons. The van der Waals surface area contributed by atoms with Crippen LogP contribution < -0.4 is 11.1 Å². The molecule has 2 unspecified atom stereocenters. The van der Waals surface area contributed by atoms with Crippen LogP contribution in [0.3, 0.4) is 0 Å². The van der Waals surface area contributed by atoms with Gasteiger partial charge in [-0.15, -0.1) is 0 Å². The highest BCUT2D eigenvalue weighted by molar-refractivity contribution is 5.82. The van der Waals surface area contributed by atoms with E-state index in [1.165, 1.54) is 5.69 Å². The second-order valence-electron chi connectivity index (χ2n) is 4.80. The number of anilines is 1. The zero-order chi connectivity index (χ0) is 12.1. The lowest BCUT2D eigenvalue weighted by Crippen LogP contribution is -2.13. The van der Waals surface area contributed by atoms with Gasteiger partial charge in [0.1, 0.15) is 0 Å². The Morgan fingerprint density at radius 1 is 1.35 bits per heavy atom. The van der Waals surface area contributed by atoms with Crippen LogP contribution in [0.1, 0.15) is 26.2 Å². The molecule has 3 N–H and O–H groups in total. The molecule has 1 aliphatic heterocycles. The Morgan fingerprint density at radius 2 is 2.12 bits per heavy atom. The SMILES string of the molecule is CC1CC(N)=NC1CCCNc1ccccc1. The topological polar surface area (TPSA) is 50.4 Å². The number of benzene rings is 1. The molecule has 0 saturated heterocycles. The number of hydrogen-bond acceptors (Lipinski definition) is 3. The van der Waals surface area contributed by atoms with E-state index in [2.05, 4.69) is 29.4 Å². The van der Waals surface area contributed by atoms with E-state index >= 15 is 0 Å². The smallest absolute Gasteiger partial charge is 0.0944 e. The van der Waals surface area contributed by atoms with Gasteiger partial charge in [0.15, 0.2) is 0 Å². The minimum Gasteiger partial charge on any atom is -0.387 e. The van der Waals surface area contributed by atoms with Crippen molar-refractivity contribution in [3.05, 3.63) is 30.3 Å². The molecule has 1 aliphatic rings. The molecule has 2 rings (SSSR count). The summed E-state index contributed by atoms with van der Waals surface area (Å²) in [6.45, 7) is 3.24. The lowest BCUT2D eigenvalue weighted by molar-refractivity contribution is 0.468. The van der Waals surface area contributed by atoms with Gasteiger partial charge in [0, 0.05) is 18.7 Å². The standard InChI is InChI=1S/C14H21N3/c1-11-10-14(15)17-13(11)8-5-9-16-12-6-3-2-4-7-12/h2-4,6-7,11,13,16H,5,8-10H2,1H3,(H2,15,17). The third-order valence-corrected chi connectivity index (χ3v) is 3.30. The van der Waals surface area contributed by atoms with Crippen molar-refractivity contribution >= 4 is 11.5 Å². The number of para-hydroxylation sites is 1. The van der Waals surface area contributed by atoms with Crippen molar-refractivity contribution in [2.75, 3.05) is 11.9 Å². The molecule has 0 amide bonds. The van der Waals surface area contributed by atoms with Crippen molar-refractivity contribution in [3.8, 4) is 0 Å². The fraction of sp³-hybridized carbons (Fsp3) is 0.500. The Hall–Kier alpha value is -1.51. The largest absolute Gasteiger partial charge is 0.387 e. The molecule has 17 heavy (non-hydrogen) atoms. The minimum absolute atomic E-state index is 0.438. The number of amidine groups is 1. The van der Waals surface area contributed by atoms with E-state index in [0.29, 0.717) is 12.0 Å². The van der Waals surface area contributed by atoms with E-state index in [-0.39, 0.29) is 0 Å². The van der Waals surface area contributed by atoms with Crippen LogP contribution in [0.5, 0.6) is 0 Å². The predicted octanol–water partition coefficient (Wildman–Crippen LogP) is 2.64. The molecule has 0 aliphatic carbocycles. The van der Waals surface area contributed by atoms with Crippen molar-refractivity contribution in [2.45, 2.75) is 32.2 Å². The van der Waals surface area contributed by atoms with Gasteiger partial charge in [0.05, 0.1) is 11.9 Å². The zero-order valence-corrected chi connectivity index (χ0v) is 10.4. The summed E-state index contributed by atoms with van der Waals surface area (Å²) in [6.07, 6.45) is 3.24. The number of nitrogens with zero attached hydrogens (tertiary/aromatic N) is 1. The molecule has 3 heteroatoms. The molecule has 3 nitrogen and oxygen atoms in total. The molecule has 0 spiro atoms. The molecule has 0 fully saturated rings. The van der Waals surface area contributed by atoms with Crippen LogP contribution >= 0.6 is 0 Å². The van der Waals surface area contributed by atoms with Crippen LogP contribution in [0.4, 0.5) is 5.69 Å². The molecule has 1 aromatic carbocycles. The summed E-state index contributed by atoms with van der Waals surface area (Å²) in [6, 6.07) is 10.7. The normalized spacial score (nSPS) is 23.5. The van der Waals surface area contributed by atoms with Gasteiger partial charge < -0.3 is 11.1 Å². The van der Waals surface area contributed by atoms with Crippen LogP contribution in [0.25, 0.3) is 0 Å². The summed E-state index contributed by atoms with van der Waals surface area (Å²) in [5.74, 6) is 1.45. The molecule has 0 aromatic heterocycles. The Balaban J connectivity index is 1.67. The van der Waals surface area contributed by atoms with Crippen LogP contribution in [0.15, 0.2) is 35.3 Å². The summed E-state index contributed by atoms with van der Waals surface area (Å²) in [7, 11) is 0. The van der Waals surface area contributed by atoms with E-state index in [9.17, 15) is 0 Å². The summed E-state index contributed by atoms with van der Waals surface area (Å²) in [5, 5.41) is 3.41. The maximum Gasteiger partial charge on any atom is 0.0944 e. The van der Waals surface area contributed by atoms with E-state index in [4.69, 9.17) is 5.73 Å². The summed E-state index contributed by atoms with van der Waals surface area (Å²) in [5.41, 5.74) is 6.94. The summed E-state index contributed by atoms with van der Waals surface area (Å²) < 4.78 is 0. The van der Waals surface area contributed by atoms with Gasteiger partial charge >= 0.3 is 0 Å². The molecule has 0 saturated carbocycles. The number of nitrogens with one attached hydrogen (secondary N) is 1. The second kappa shape index (κ2) is 5.71. The van der Waals surface area contributed by atoms with E-state index in [0.717, 1.165) is 31.6 Å². The number of rotatable bonds is 5. The van der Waals surface area contributed by atoms with Crippen molar-refractivity contribution in [1.29, 1.82) is 0 Å². The van der Waals surface area contributed by atoms with Gasteiger partial charge in [-0.3, -0.25) is 4.99 Å². The highest BCUT2D eigenvalue weighted by Gasteiger charge is 2.23. The quantitative estimate of drug-likeness (QED) is 0.765. The van der Waals surface area contributed by atoms with Crippen molar-refractivity contribution < 1.29 is 0 Å². The molecular weight excluding hydrogens is 210 g/mol. The first-order chi connectivity index (χ1) is 8.25. The first kappa shape index (κ1) is 12.0. The molecule has 1 heterocycles. The molecule has 2 atom stereocenters. The third-order valence-electron chi connectivity index (χ3n) is 3.30. The lowest BCUT2D eigenvalue weighted by atomic mass is 9.98. The fourth-order valence-corrected chi connectivity index (χ4v) is 2.31. The van der Waals surface area contributed by atoms with Crippen LogP contribution in [-0.4, -0.2) is 18.4 Å². The molecule has 92 valence electrons. The average molecular weight is 231 g/mol. The predicted molar refractivity (Wildman–Crippen MR) is 73.4 cm³/mol. The first-order valence-corrected chi connectivity index (χ1v) is 6.37. The molecule has 0 bridgehead atoms. The van der Waals surface area contributed by atoms with Crippen LogP contribution in [0, 0.1) is 5.92 Å². The van der Waals surface area contributed by atoms with Gasteiger partial charge in [-0.25, -0.2) is 0 Å². The monoisotopic (exact) mass is 231 g/mol. The van der Waals surface area contributed by atoms with Gasteiger partial charge in [-0.1, -0.05) is 25.1 Å². The van der Waals surface area contributed by atoms with E-state index in [1.807, 2.05) is 18.2 Å². The highest BCUT2D eigenvalue weighted by atomic mass is 14.9. The number of nitrogens with two attached hydrogens (primary N) is 1. The minimum atomic E-state index is 0.438. The van der Waals surface area contributed by atoms with Crippen molar-refractivity contribution in [3.63, 3.8) is 0 Å². The zero-order valence-electron chi connectivity index (χ0n) is 10.4. The Bertz CT molecular complexity index is 372. The Labute approximate surface area is 103 Å². The van der Waals surface area contributed by atoms with E-state index < -0.39 is 0 Å². The van der Waals surface area contributed by atoms with Gasteiger partial charge in [-0.05, 0) is 30.9 Å². The van der Waals surface area contributed by atoms with Crippen molar-refractivity contribution in [1.82, 2.24) is 0 Å². The second-order valence-corrected chi connectivity index (χ2v) is 4.80. The van der Waals surface area contributed by atoms with Crippen LogP contribution in [0.2, 0.25) is 0 Å². The maximum atomic E-state index is 5.75. The Kier molecular flexibility index (Phi) is 4.02. The molecule has 1 aromatic rings. The van der Waals surface area contributed by atoms with Gasteiger partial charge in [-0.2, -0.15) is 0 Å². The number of aliphatic imine (C=N–C) groups is 1. The Morgan fingerprint density at radius 3 is 2.76 bits per heavy atom. The van der Waals surface area contributed by atoms with Gasteiger partial charge in [0.2, 0.25) is 0 Å². The highest BCUT2D eigenvalue weighted by Crippen LogP contribution is 2.22. The lowest BCUT2D eigenvalue weighted by Gasteiger charge is -2.13. The third kappa shape index (κ3) is 3.48. The summed E-state index contributed by atoms with van der Waals surface area (Å²) in [4.78, 5) is 4.48. The van der Waals surface area contributed by atoms with Crippen molar-refractivity contribution in [2.24, 2.45) is 16.6 Å². The summed E-state index contributed by atoms with van der Waals surface area (Å²) >= 11 is 0. The fourth-order valence-electron chi connectivity index (χ4n) is 2.31. The first-order valence-electron chi connectivity index (χ1n) is 6.37. The maximum absolute atomic E-state index is 5.75. The molecular formula is C14H21N3. The van der Waals surface area contributed by atoms with Gasteiger partial charge in [0.25, 0.3) is 0 Å².